The highest BCUT2D eigenvalue weighted by atomic mass is 35.5. The predicted octanol–water partition coefficient (Wildman–Crippen LogP) is 4.21. The number of aldehydes is 1. The molecule has 100 valence electrons. The first-order valence-electron chi connectivity index (χ1n) is 5.74. The lowest BCUT2D eigenvalue weighted by Crippen LogP contribution is -1.94. The second-order valence-electron chi connectivity index (χ2n) is 4.08. The zero-order chi connectivity index (χ0) is 14.1. The lowest BCUT2D eigenvalue weighted by atomic mass is 10.2. The number of aromatic nitrogens is 2. The number of thiophene rings is 1. The molecule has 2 heterocycles. The lowest BCUT2D eigenvalue weighted by molar-refractivity contribution is 0.112. The van der Waals surface area contributed by atoms with Crippen molar-refractivity contribution in [3.63, 3.8) is 0 Å². The van der Waals surface area contributed by atoms with Gasteiger partial charge in [0, 0.05) is 6.20 Å². The maximum absolute atomic E-state index is 12.9. The minimum absolute atomic E-state index is 0.318. The van der Waals surface area contributed by atoms with Crippen molar-refractivity contribution in [3.05, 3.63) is 58.3 Å². The molecule has 0 aliphatic rings. The molecule has 2 aromatic heterocycles. The van der Waals surface area contributed by atoms with E-state index in [-0.39, 0.29) is 5.82 Å². The van der Waals surface area contributed by atoms with Gasteiger partial charge in [-0.3, -0.25) is 4.79 Å². The van der Waals surface area contributed by atoms with Gasteiger partial charge < -0.3 is 0 Å². The van der Waals surface area contributed by atoms with Crippen LogP contribution in [0.2, 0.25) is 4.34 Å². The molecule has 0 saturated carbocycles. The van der Waals surface area contributed by atoms with Crippen LogP contribution in [0.4, 0.5) is 4.39 Å². The summed E-state index contributed by atoms with van der Waals surface area (Å²) in [5, 5.41) is 4.38. The Hall–Kier alpha value is -1.98. The Morgan fingerprint density at radius 2 is 1.95 bits per heavy atom. The Morgan fingerprint density at radius 1 is 1.20 bits per heavy atom. The van der Waals surface area contributed by atoms with Crippen molar-refractivity contribution in [1.82, 2.24) is 9.78 Å². The molecular weight excluding hydrogens is 299 g/mol. The van der Waals surface area contributed by atoms with Gasteiger partial charge in [0.1, 0.15) is 11.5 Å². The SMILES string of the molecule is O=Cc1cn(-c2ccc(F)cc2)nc1-c1ccc(Cl)s1. The van der Waals surface area contributed by atoms with Crippen LogP contribution >= 0.6 is 22.9 Å². The Morgan fingerprint density at radius 3 is 2.55 bits per heavy atom. The van der Waals surface area contributed by atoms with Gasteiger partial charge in [0.25, 0.3) is 0 Å². The van der Waals surface area contributed by atoms with Crippen LogP contribution in [0.1, 0.15) is 10.4 Å². The van der Waals surface area contributed by atoms with Gasteiger partial charge in [-0.15, -0.1) is 11.3 Å². The Labute approximate surface area is 123 Å². The van der Waals surface area contributed by atoms with E-state index in [1.165, 1.54) is 23.5 Å². The molecule has 3 rings (SSSR count). The number of rotatable bonds is 3. The quantitative estimate of drug-likeness (QED) is 0.680. The van der Waals surface area contributed by atoms with Gasteiger partial charge in [-0.25, -0.2) is 9.07 Å². The molecule has 20 heavy (non-hydrogen) atoms. The van der Waals surface area contributed by atoms with Crippen molar-refractivity contribution in [2.24, 2.45) is 0 Å². The van der Waals surface area contributed by atoms with Gasteiger partial charge in [0.15, 0.2) is 6.29 Å². The lowest BCUT2D eigenvalue weighted by Gasteiger charge is -1.99. The largest absolute Gasteiger partial charge is 0.298 e. The van der Waals surface area contributed by atoms with E-state index in [9.17, 15) is 9.18 Å². The highest BCUT2D eigenvalue weighted by molar-refractivity contribution is 7.19. The van der Waals surface area contributed by atoms with Gasteiger partial charge in [-0.05, 0) is 36.4 Å². The average Bonchev–Trinajstić information content (AvgIpc) is 3.05. The van der Waals surface area contributed by atoms with Gasteiger partial charge in [-0.2, -0.15) is 5.10 Å². The fourth-order valence-electron chi connectivity index (χ4n) is 1.83. The number of carbonyl (C=O) groups is 1. The zero-order valence-corrected chi connectivity index (χ0v) is 11.7. The summed E-state index contributed by atoms with van der Waals surface area (Å²) >= 11 is 7.25. The number of benzene rings is 1. The fourth-order valence-corrected chi connectivity index (χ4v) is 2.88. The molecule has 0 spiro atoms. The van der Waals surface area contributed by atoms with E-state index in [0.29, 0.717) is 21.3 Å². The van der Waals surface area contributed by atoms with Crippen LogP contribution in [0.3, 0.4) is 0 Å². The number of carbonyl (C=O) groups excluding carboxylic acids is 1. The van der Waals surface area contributed by atoms with Gasteiger partial charge >= 0.3 is 0 Å². The van der Waals surface area contributed by atoms with Gasteiger partial charge in [0.05, 0.1) is 20.5 Å². The van der Waals surface area contributed by atoms with Gasteiger partial charge in [0.2, 0.25) is 0 Å². The molecule has 0 aliphatic carbocycles. The molecule has 0 bridgehead atoms. The van der Waals surface area contributed by atoms with Crippen LogP contribution in [0.15, 0.2) is 42.6 Å². The number of hydrogen-bond acceptors (Lipinski definition) is 3. The van der Waals surface area contributed by atoms with Crippen LogP contribution in [0.25, 0.3) is 16.3 Å². The molecule has 0 saturated heterocycles. The molecule has 0 radical (unpaired) electrons. The monoisotopic (exact) mass is 306 g/mol. The molecular formula is C14H8ClFN2OS. The average molecular weight is 307 g/mol. The standard InChI is InChI=1S/C14H8ClFN2OS/c15-13-6-5-12(20-13)14-9(8-19)7-18(17-14)11-3-1-10(16)2-4-11/h1-8H. The zero-order valence-electron chi connectivity index (χ0n) is 10.1. The maximum atomic E-state index is 12.9. The van der Waals surface area contributed by atoms with Crippen molar-refractivity contribution in [3.8, 4) is 16.3 Å². The molecule has 0 aliphatic heterocycles. The van der Waals surface area contributed by atoms with Crippen LogP contribution in [-0.2, 0) is 0 Å². The summed E-state index contributed by atoms with van der Waals surface area (Å²) in [5.41, 5.74) is 1.72. The Balaban J connectivity index is 2.09. The van der Waals surface area contributed by atoms with Gasteiger partial charge in [-0.1, -0.05) is 11.6 Å². The third kappa shape index (κ3) is 2.37. The maximum Gasteiger partial charge on any atom is 0.153 e. The van der Waals surface area contributed by atoms with Crippen molar-refractivity contribution >= 4 is 29.2 Å². The fraction of sp³-hybridized carbons (Fsp3) is 0. The molecule has 1 aromatic carbocycles. The summed E-state index contributed by atoms with van der Waals surface area (Å²) in [4.78, 5) is 12.0. The summed E-state index contributed by atoms with van der Waals surface area (Å²) in [6.45, 7) is 0. The summed E-state index contributed by atoms with van der Waals surface area (Å²) in [7, 11) is 0. The first kappa shape index (κ1) is 13.0. The van der Waals surface area contributed by atoms with Crippen molar-refractivity contribution in [2.75, 3.05) is 0 Å². The van der Waals surface area contributed by atoms with Crippen molar-refractivity contribution < 1.29 is 9.18 Å². The molecule has 3 aromatic rings. The molecule has 0 atom stereocenters. The minimum Gasteiger partial charge on any atom is -0.298 e. The normalized spacial score (nSPS) is 10.7. The first-order valence-corrected chi connectivity index (χ1v) is 6.93. The summed E-state index contributed by atoms with van der Waals surface area (Å²) < 4.78 is 15.1. The number of nitrogens with zero attached hydrogens (tertiary/aromatic N) is 2. The summed E-state index contributed by atoms with van der Waals surface area (Å²) in [5.74, 6) is -0.318. The second kappa shape index (κ2) is 5.19. The summed E-state index contributed by atoms with van der Waals surface area (Å²) in [6.07, 6.45) is 2.36. The highest BCUT2D eigenvalue weighted by Crippen LogP contribution is 2.32. The van der Waals surface area contributed by atoms with E-state index in [4.69, 9.17) is 11.6 Å². The third-order valence-electron chi connectivity index (χ3n) is 2.77. The molecule has 0 N–H and O–H groups in total. The number of halogens is 2. The smallest absolute Gasteiger partial charge is 0.153 e. The summed E-state index contributed by atoms with van der Waals surface area (Å²) in [6, 6.07) is 9.47. The first-order chi connectivity index (χ1) is 9.67. The van der Waals surface area contributed by atoms with E-state index >= 15 is 0 Å². The topological polar surface area (TPSA) is 34.9 Å². The molecule has 6 heteroatoms. The Kier molecular flexibility index (Phi) is 3.38. The molecule has 0 amide bonds. The molecule has 0 fully saturated rings. The van der Waals surface area contributed by atoms with Crippen LogP contribution < -0.4 is 0 Å². The van der Waals surface area contributed by atoms with Crippen LogP contribution in [-0.4, -0.2) is 16.1 Å². The van der Waals surface area contributed by atoms with E-state index < -0.39 is 0 Å². The van der Waals surface area contributed by atoms with Crippen molar-refractivity contribution in [2.45, 2.75) is 0 Å². The molecule has 0 unspecified atom stereocenters. The van der Waals surface area contributed by atoms with E-state index in [1.807, 2.05) is 6.07 Å². The number of hydrogen-bond donors (Lipinski definition) is 0. The third-order valence-corrected chi connectivity index (χ3v) is 4.01. The highest BCUT2D eigenvalue weighted by Gasteiger charge is 2.13. The second-order valence-corrected chi connectivity index (χ2v) is 5.79. The minimum atomic E-state index is -0.318. The van der Waals surface area contributed by atoms with E-state index in [0.717, 1.165) is 11.2 Å². The van der Waals surface area contributed by atoms with Crippen LogP contribution in [0.5, 0.6) is 0 Å². The molecule has 3 nitrogen and oxygen atoms in total. The Bertz CT molecular complexity index is 764. The van der Waals surface area contributed by atoms with Crippen LogP contribution in [0, 0.1) is 5.82 Å². The van der Waals surface area contributed by atoms with E-state index in [2.05, 4.69) is 5.10 Å². The van der Waals surface area contributed by atoms with Crippen molar-refractivity contribution in [1.29, 1.82) is 0 Å². The predicted molar refractivity (Wildman–Crippen MR) is 77.2 cm³/mol. The van der Waals surface area contributed by atoms with E-state index in [1.54, 1.807) is 29.1 Å².